The second-order valence-electron chi connectivity index (χ2n) is 4.61. The van der Waals surface area contributed by atoms with Gasteiger partial charge in [-0.1, -0.05) is 13.0 Å². The molecule has 1 fully saturated rings. The van der Waals surface area contributed by atoms with Crippen molar-refractivity contribution in [1.82, 2.24) is 9.88 Å². The van der Waals surface area contributed by atoms with E-state index in [2.05, 4.69) is 28.3 Å². The quantitative estimate of drug-likeness (QED) is 0.600. The van der Waals surface area contributed by atoms with Gasteiger partial charge in [0, 0.05) is 18.3 Å². The average Bonchev–Trinajstić information content (AvgIpc) is 2.33. The van der Waals surface area contributed by atoms with Crippen molar-refractivity contribution in [1.29, 1.82) is 0 Å². The minimum atomic E-state index is 0.793. The standard InChI is InChI=1S/C12H20N4/c1-10-4-7-16(8-5-10)9-11-3-2-6-14-12(11)15-13/h2-3,6,10H,4-5,7-9,13H2,1H3,(H,14,15). The lowest BCUT2D eigenvalue weighted by atomic mass is 9.99. The fourth-order valence-corrected chi connectivity index (χ4v) is 2.16. The van der Waals surface area contributed by atoms with Crippen molar-refractivity contribution < 1.29 is 0 Å². The number of aromatic nitrogens is 1. The Hall–Kier alpha value is -1.13. The first kappa shape index (κ1) is 11.4. The van der Waals surface area contributed by atoms with Crippen LogP contribution in [0.4, 0.5) is 5.82 Å². The monoisotopic (exact) mass is 220 g/mol. The van der Waals surface area contributed by atoms with Crippen LogP contribution in [-0.4, -0.2) is 23.0 Å². The van der Waals surface area contributed by atoms with Crippen LogP contribution >= 0.6 is 0 Å². The Morgan fingerprint density at radius 1 is 1.50 bits per heavy atom. The van der Waals surface area contributed by atoms with Crippen LogP contribution in [0.3, 0.4) is 0 Å². The van der Waals surface area contributed by atoms with Crippen molar-refractivity contribution in [3.05, 3.63) is 23.9 Å². The van der Waals surface area contributed by atoms with E-state index < -0.39 is 0 Å². The third-order valence-corrected chi connectivity index (χ3v) is 3.30. The normalized spacial score (nSPS) is 18.6. The zero-order valence-corrected chi connectivity index (χ0v) is 9.82. The third kappa shape index (κ3) is 2.71. The molecule has 3 N–H and O–H groups in total. The molecule has 1 aliphatic rings. The van der Waals surface area contributed by atoms with Gasteiger partial charge >= 0.3 is 0 Å². The van der Waals surface area contributed by atoms with Gasteiger partial charge in [-0.15, -0.1) is 0 Å². The number of hydrazine groups is 1. The first-order valence-electron chi connectivity index (χ1n) is 5.92. The molecule has 2 rings (SSSR count). The molecule has 0 aromatic carbocycles. The van der Waals surface area contributed by atoms with Gasteiger partial charge in [0.05, 0.1) is 0 Å². The molecule has 88 valence electrons. The highest BCUT2D eigenvalue weighted by molar-refractivity contribution is 5.42. The van der Waals surface area contributed by atoms with Crippen LogP contribution in [0.5, 0.6) is 0 Å². The van der Waals surface area contributed by atoms with Gasteiger partial charge in [-0.2, -0.15) is 0 Å². The third-order valence-electron chi connectivity index (χ3n) is 3.30. The molecule has 1 aromatic rings. The van der Waals surface area contributed by atoms with Crippen molar-refractivity contribution in [2.75, 3.05) is 18.5 Å². The number of hydrogen-bond acceptors (Lipinski definition) is 4. The van der Waals surface area contributed by atoms with Gasteiger partial charge in [0.15, 0.2) is 0 Å². The summed E-state index contributed by atoms with van der Waals surface area (Å²) in [7, 11) is 0. The Morgan fingerprint density at radius 2 is 2.25 bits per heavy atom. The number of nitrogens with two attached hydrogens (primary N) is 1. The first-order chi connectivity index (χ1) is 7.79. The molecular formula is C12H20N4. The topological polar surface area (TPSA) is 54.2 Å². The Kier molecular flexibility index (Phi) is 3.74. The van der Waals surface area contributed by atoms with Crippen LogP contribution in [0.25, 0.3) is 0 Å². The summed E-state index contributed by atoms with van der Waals surface area (Å²) in [6.07, 6.45) is 4.36. The minimum Gasteiger partial charge on any atom is -0.308 e. The van der Waals surface area contributed by atoms with Gasteiger partial charge < -0.3 is 5.43 Å². The summed E-state index contributed by atoms with van der Waals surface area (Å²) in [6.45, 7) is 5.63. The summed E-state index contributed by atoms with van der Waals surface area (Å²) >= 11 is 0. The number of nitrogen functional groups attached to an aromatic ring is 1. The highest BCUT2D eigenvalue weighted by Gasteiger charge is 2.16. The van der Waals surface area contributed by atoms with E-state index in [4.69, 9.17) is 5.84 Å². The van der Waals surface area contributed by atoms with E-state index in [0.29, 0.717) is 0 Å². The molecule has 0 saturated carbocycles. The maximum absolute atomic E-state index is 5.45. The number of nitrogens with one attached hydrogen (secondary N) is 1. The SMILES string of the molecule is CC1CCN(Cc2cccnc2NN)CC1. The van der Waals surface area contributed by atoms with E-state index >= 15 is 0 Å². The van der Waals surface area contributed by atoms with Crippen LogP contribution in [0.2, 0.25) is 0 Å². The number of piperidine rings is 1. The summed E-state index contributed by atoms with van der Waals surface area (Å²) in [6, 6.07) is 4.04. The van der Waals surface area contributed by atoms with E-state index in [9.17, 15) is 0 Å². The molecule has 4 nitrogen and oxygen atoms in total. The maximum Gasteiger partial charge on any atom is 0.144 e. The van der Waals surface area contributed by atoms with Gasteiger partial charge in [-0.25, -0.2) is 10.8 Å². The van der Waals surface area contributed by atoms with Crippen LogP contribution in [0.1, 0.15) is 25.3 Å². The van der Waals surface area contributed by atoms with E-state index in [0.717, 1.165) is 18.3 Å². The molecule has 1 aromatic heterocycles. The Labute approximate surface area is 96.8 Å². The predicted octanol–water partition coefficient (Wildman–Crippen LogP) is 1.60. The Bertz CT molecular complexity index is 332. The van der Waals surface area contributed by atoms with Crippen molar-refractivity contribution in [3.63, 3.8) is 0 Å². The Morgan fingerprint density at radius 3 is 2.94 bits per heavy atom. The molecule has 2 heterocycles. The summed E-state index contributed by atoms with van der Waals surface area (Å²) < 4.78 is 0. The molecule has 1 saturated heterocycles. The molecule has 16 heavy (non-hydrogen) atoms. The van der Waals surface area contributed by atoms with Crippen LogP contribution in [-0.2, 0) is 6.54 Å². The van der Waals surface area contributed by atoms with Crippen molar-refractivity contribution in [2.45, 2.75) is 26.3 Å². The highest BCUT2D eigenvalue weighted by atomic mass is 15.3. The number of hydrogen-bond donors (Lipinski definition) is 2. The van der Waals surface area contributed by atoms with Gasteiger partial charge in [0.2, 0.25) is 0 Å². The first-order valence-corrected chi connectivity index (χ1v) is 5.92. The van der Waals surface area contributed by atoms with Crippen molar-refractivity contribution in [3.8, 4) is 0 Å². The smallest absolute Gasteiger partial charge is 0.144 e. The lowest BCUT2D eigenvalue weighted by Gasteiger charge is -2.30. The molecule has 0 amide bonds. The fourth-order valence-electron chi connectivity index (χ4n) is 2.16. The van der Waals surface area contributed by atoms with E-state index in [-0.39, 0.29) is 0 Å². The summed E-state index contributed by atoms with van der Waals surface area (Å²) in [5.74, 6) is 7.11. The van der Waals surface area contributed by atoms with Crippen LogP contribution < -0.4 is 11.3 Å². The molecule has 0 radical (unpaired) electrons. The fraction of sp³-hybridized carbons (Fsp3) is 0.583. The molecule has 0 atom stereocenters. The molecule has 0 aliphatic carbocycles. The molecular weight excluding hydrogens is 200 g/mol. The summed E-state index contributed by atoms with van der Waals surface area (Å²) in [5, 5.41) is 0. The number of nitrogens with zero attached hydrogens (tertiary/aromatic N) is 2. The summed E-state index contributed by atoms with van der Waals surface area (Å²) in [4.78, 5) is 6.68. The van der Waals surface area contributed by atoms with Crippen LogP contribution in [0.15, 0.2) is 18.3 Å². The largest absolute Gasteiger partial charge is 0.308 e. The van der Waals surface area contributed by atoms with E-state index in [1.165, 1.54) is 31.5 Å². The maximum atomic E-state index is 5.45. The lowest BCUT2D eigenvalue weighted by Crippen LogP contribution is -2.32. The summed E-state index contributed by atoms with van der Waals surface area (Å²) in [5.41, 5.74) is 3.84. The van der Waals surface area contributed by atoms with Gasteiger partial charge in [-0.05, 0) is 37.9 Å². The molecule has 0 spiro atoms. The molecule has 0 bridgehead atoms. The second kappa shape index (κ2) is 5.27. The Balaban J connectivity index is 1.98. The molecule has 1 aliphatic heterocycles. The molecule has 4 heteroatoms. The second-order valence-corrected chi connectivity index (χ2v) is 4.61. The zero-order valence-electron chi connectivity index (χ0n) is 9.82. The number of rotatable bonds is 3. The van der Waals surface area contributed by atoms with Gasteiger partial charge in [0.25, 0.3) is 0 Å². The van der Waals surface area contributed by atoms with Crippen LogP contribution in [0, 0.1) is 5.92 Å². The van der Waals surface area contributed by atoms with E-state index in [1.54, 1.807) is 6.20 Å². The number of likely N-dealkylation sites (tertiary alicyclic amines) is 1. The zero-order chi connectivity index (χ0) is 11.4. The van der Waals surface area contributed by atoms with Gasteiger partial charge in [0.1, 0.15) is 5.82 Å². The van der Waals surface area contributed by atoms with E-state index in [1.807, 2.05) is 6.07 Å². The minimum absolute atomic E-state index is 0.793. The lowest BCUT2D eigenvalue weighted by molar-refractivity contribution is 0.185. The highest BCUT2D eigenvalue weighted by Crippen LogP contribution is 2.20. The van der Waals surface area contributed by atoms with Gasteiger partial charge in [-0.3, -0.25) is 4.90 Å². The number of anilines is 1. The number of pyridine rings is 1. The van der Waals surface area contributed by atoms with Crippen molar-refractivity contribution >= 4 is 5.82 Å². The molecule has 0 unspecified atom stereocenters. The van der Waals surface area contributed by atoms with Crippen molar-refractivity contribution in [2.24, 2.45) is 11.8 Å². The predicted molar refractivity (Wildman–Crippen MR) is 65.7 cm³/mol. The average molecular weight is 220 g/mol.